The van der Waals surface area contributed by atoms with Gasteiger partial charge in [-0.2, -0.15) is 0 Å². The van der Waals surface area contributed by atoms with Crippen LogP contribution in [-0.2, 0) is 11.3 Å². The highest BCUT2D eigenvalue weighted by atomic mass is 35.5. The average molecular weight is 644 g/mol. The predicted octanol–water partition coefficient (Wildman–Crippen LogP) is 5.41. The first-order valence-corrected chi connectivity index (χ1v) is 15.7. The summed E-state index contributed by atoms with van der Waals surface area (Å²) in [5, 5.41) is 10.7. The van der Waals surface area contributed by atoms with Crippen LogP contribution in [0.2, 0.25) is 10.0 Å². The zero-order chi connectivity index (χ0) is 31.2. The van der Waals surface area contributed by atoms with Crippen molar-refractivity contribution < 1.29 is 19.4 Å². The van der Waals surface area contributed by atoms with Crippen LogP contribution >= 0.6 is 23.2 Å². The Hall–Kier alpha value is -3.15. The highest BCUT2D eigenvalue weighted by molar-refractivity contribution is 6.35. The van der Waals surface area contributed by atoms with Gasteiger partial charge in [0.2, 0.25) is 5.88 Å². The Bertz CT molecular complexity index is 1390. The number of amides is 1. The summed E-state index contributed by atoms with van der Waals surface area (Å²) in [5.74, 6) is 1.94. The first-order valence-electron chi connectivity index (χ1n) is 15.0. The van der Waals surface area contributed by atoms with Crippen LogP contribution in [0.25, 0.3) is 11.3 Å². The number of rotatable bonds is 9. The van der Waals surface area contributed by atoms with Gasteiger partial charge in [0, 0.05) is 87.1 Å². The molecule has 0 radical (unpaired) electrons. The van der Waals surface area contributed by atoms with Crippen LogP contribution in [0, 0.1) is 0 Å². The Morgan fingerprint density at radius 1 is 1.02 bits per heavy atom. The van der Waals surface area contributed by atoms with Crippen molar-refractivity contribution >= 4 is 35.1 Å². The molecular formula is C32H40Cl2N6O4. The number of pyridine rings is 2. The molecule has 10 nitrogen and oxygen atoms in total. The molecule has 0 unspecified atom stereocenters. The van der Waals surface area contributed by atoms with E-state index >= 15 is 0 Å². The molecule has 4 heterocycles. The number of likely N-dealkylation sites (tertiary alicyclic amines) is 1. The Kier molecular flexibility index (Phi) is 10.8. The van der Waals surface area contributed by atoms with Gasteiger partial charge in [-0.3, -0.25) is 9.80 Å². The van der Waals surface area contributed by atoms with Gasteiger partial charge in [-0.15, -0.1) is 0 Å². The number of nitrogens with zero attached hydrogens (tertiary/aromatic N) is 6. The lowest BCUT2D eigenvalue weighted by Crippen LogP contribution is -2.48. The van der Waals surface area contributed by atoms with Crippen LogP contribution in [0.4, 0.5) is 10.6 Å². The number of piperazine rings is 1. The first kappa shape index (κ1) is 32.2. The summed E-state index contributed by atoms with van der Waals surface area (Å²) >= 11 is 12.7. The molecular weight excluding hydrogens is 603 g/mol. The molecule has 2 aliphatic rings. The number of ether oxygens (including phenoxy) is 2. The molecule has 2 saturated heterocycles. The van der Waals surface area contributed by atoms with Crippen molar-refractivity contribution in [3.63, 3.8) is 0 Å². The molecule has 1 N–H and O–H groups in total. The SMILES string of the molecule is COC(=O)N(C)C1CCN(Cc2cc(Oc3ccc(N4CCN(C[C@@H](C)O)CC4)nc3)nc(-c3cc(Cl)cc(Cl)c3)c2)CC1. The molecule has 12 heteroatoms. The monoisotopic (exact) mass is 642 g/mol. The van der Waals surface area contributed by atoms with Crippen molar-refractivity contribution in [2.45, 2.75) is 38.5 Å². The summed E-state index contributed by atoms with van der Waals surface area (Å²) < 4.78 is 11.1. The summed E-state index contributed by atoms with van der Waals surface area (Å²) in [6.45, 7) is 8.39. The lowest BCUT2D eigenvalue weighted by Gasteiger charge is -2.36. The lowest BCUT2D eigenvalue weighted by molar-refractivity contribution is 0.0896. The molecule has 44 heavy (non-hydrogen) atoms. The Morgan fingerprint density at radius 2 is 1.73 bits per heavy atom. The third-order valence-corrected chi connectivity index (χ3v) is 8.59. The first-order chi connectivity index (χ1) is 21.2. The van der Waals surface area contributed by atoms with E-state index in [0.717, 1.165) is 69.1 Å². The number of aliphatic hydroxyl groups excluding tert-OH is 1. The van der Waals surface area contributed by atoms with Gasteiger partial charge in [-0.05, 0) is 61.7 Å². The quantitative estimate of drug-likeness (QED) is 0.329. The lowest BCUT2D eigenvalue weighted by atomic mass is 10.0. The van der Waals surface area contributed by atoms with Crippen molar-refractivity contribution in [3.8, 4) is 22.9 Å². The van der Waals surface area contributed by atoms with Gasteiger partial charge >= 0.3 is 6.09 Å². The van der Waals surface area contributed by atoms with Crippen LogP contribution in [0.3, 0.4) is 0 Å². The Labute approximate surface area is 269 Å². The van der Waals surface area contributed by atoms with Crippen LogP contribution < -0.4 is 9.64 Å². The number of anilines is 1. The number of hydrogen-bond donors (Lipinski definition) is 1. The molecule has 2 aromatic heterocycles. The average Bonchev–Trinajstić information content (AvgIpc) is 3.00. The fourth-order valence-electron chi connectivity index (χ4n) is 5.84. The number of carbonyl (C=O) groups is 1. The number of aliphatic hydroxyl groups is 1. The molecule has 0 spiro atoms. The molecule has 1 amide bonds. The number of piperidine rings is 1. The van der Waals surface area contributed by atoms with Gasteiger partial charge < -0.3 is 24.4 Å². The maximum atomic E-state index is 12.0. The predicted molar refractivity (Wildman–Crippen MR) is 173 cm³/mol. The van der Waals surface area contributed by atoms with E-state index in [0.29, 0.717) is 40.5 Å². The number of hydrogen-bond acceptors (Lipinski definition) is 9. The topological polar surface area (TPSA) is 94.5 Å². The van der Waals surface area contributed by atoms with Gasteiger partial charge in [-0.1, -0.05) is 23.2 Å². The van der Waals surface area contributed by atoms with Gasteiger partial charge in [0.1, 0.15) is 11.6 Å². The Balaban J connectivity index is 1.30. The normalized spacial score (nSPS) is 17.4. The van der Waals surface area contributed by atoms with E-state index in [9.17, 15) is 9.90 Å². The van der Waals surface area contributed by atoms with Crippen molar-refractivity contribution in [1.29, 1.82) is 0 Å². The van der Waals surface area contributed by atoms with E-state index in [1.165, 1.54) is 7.11 Å². The number of carbonyl (C=O) groups excluding carboxylic acids is 1. The minimum atomic E-state index is -0.327. The number of aromatic nitrogens is 2. The van der Waals surface area contributed by atoms with Gasteiger partial charge in [0.25, 0.3) is 0 Å². The van der Waals surface area contributed by atoms with E-state index in [1.807, 2.05) is 43.3 Å². The second-order valence-electron chi connectivity index (χ2n) is 11.5. The van der Waals surface area contributed by atoms with E-state index in [1.54, 1.807) is 24.2 Å². The maximum Gasteiger partial charge on any atom is 0.409 e. The molecule has 3 aromatic rings. The van der Waals surface area contributed by atoms with Gasteiger partial charge in [0.15, 0.2) is 0 Å². The smallest absolute Gasteiger partial charge is 0.409 e. The van der Waals surface area contributed by atoms with Gasteiger partial charge in [-0.25, -0.2) is 14.8 Å². The Morgan fingerprint density at radius 3 is 2.34 bits per heavy atom. The minimum absolute atomic E-state index is 0.155. The molecule has 1 aromatic carbocycles. The highest BCUT2D eigenvalue weighted by Gasteiger charge is 2.26. The molecule has 0 bridgehead atoms. The zero-order valence-electron chi connectivity index (χ0n) is 25.5. The molecule has 0 saturated carbocycles. The van der Waals surface area contributed by atoms with E-state index in [2.05, 4.69) is 19.7 Å². The number of β-amino-alcohol motifs (C(OH)–C–C–N with tert-alkyl or cyclic N) is 1. The van der Waals surface area contributed by atoms with Crippen LogP contribution in [0.5, 0.6) is 11.6 Å². The number of benzene rings is 1. The highest BCUT2D eigenvalue weighted by Crippen LogP contribution is 2.31. The maximum absolute atomic E-state index is 12.0. The second-order valence-corrected chi connectivity index (χ2v) is 12.4. The fourth-order valence-corrected chi connectivity index (χ4v) is 6.37. The summed E-state index contributed by atoms with van der Waals surface area (Å²) in [5.41, 5.74) is 2.55. The van der Waals surface area contributed by atoms with Crippen LogP contribution in [0.15, 0.2) is 48.7 Å². The van der Waals surface area contributed by atoms with Crippen molar-refractivity contribution in [2.75, 3.05) is 64.9 Å². The summed E-state index contributed by atoms with van der Waals surface area (Å²) in [4.78, 5) is 30.0. The number of halogens is 2. The van der Waals surface area contributed by atoms with Crippen molar-refractivity contribution in [3.05, 3.63) is 64.3 Å². The fraction of sp³-hybridized carbons (Fsp3) is 0.469. The standard InChI is InChI=1S/C32H40Cl2N6O4/c1-22(41)20-39-10-12-40(13-11-39)30-5-4-28(19-35-30)44-31-15-23(14-29(36-31)24-16-25(33)18-26(34)17-24)21-38-8-6-27(7-9-38)37(2)32(42)43-3/h4-5,14-19,22,27,41H,6-13,20-21H2,1-3H3/t22-/m1/s1. The number of methoxy groups -OCH3 is 1. The molecule has 0 aliphatic carbocycles. The zero-order valence-corrected chi connectivity index (χ0v) is 27.0. The van der Waals surface area contributed by atoms with Crippen molar-refractivity contribution in [2.24, 2.45) is 0 Å². The van der Waals surface area contributed by atoms with Crippen LogP contribution in [0.1, 0.15) is 25.3 Å². The van der Waals surface area contributed by atoms with Crippen molar-refractivity contribution in [1.82, 2.24) is 24.7 Å². The third kappa shape index (κ3) is 8.51. The molecule has 1 atom stereocenters. The molecule has 5 rings (SSSR count). The third-order valence-electron chi connectivity index (χ3n) is 8.16. The van der Waals surface area contributed by atoms with Gasteiger partial charge in [0.05, 0.1) is 25.1 Å². The second kappa shape index (κ2) is 14.8. The molecule has 2 fully saturated rings. The van der Waals surface area contributed by atoms with E-state index < -0.39 is 0 Å². The van der Waals surface area contributed by atoms with E-state index in [4.69, 9.17) is 37.7 Å². The summed E-state index contributed by atoms with van der Waals surface area (Å²) in [6.07, 6.45) is 2.83. The summed E-state index contributed by atoms with van der Waals surface area (Å²) in [7, 11) is 3.21. The van der Waals surface area contributed by atoms with Crippen LogP contribution in [-0.4, -0.2) is 108 Å². The summed E-state index contributed by atoms with van der Waals surface area (Å²) in [6, 6.07) is 13.4. The largest absolute Gasteiger partial charge is 0.453 e. The molecule has 2 aliphatic heterocycles. The minimum Gasteiger partial charge on any atom is -0.453 e. The van der Waals surface area contributed by atoms with E-state index in [-0.39, 0.29) is 18.2 Å². The molecule has 236 valence electrons.